The van der Waals surface area contributed by atoms with Crippen LogP contribution in [0.1, 0.15) is 0 Å². The molecule has 2 unspecified atom stereocenters. The van der Waals surface area contributed by atoms with Crippen LogP contribution >= 0.6 is 11.8 Å². The Morgan fingerprint density at radius 1 is 1.53 bits per heavy atom. The van der Waals surface area contributed by atoms with Crippen LogP contribution in [0, 0.1) is 0 Å². The van der Waals surface area contributed by atoms with Gasteiger partial charge in [0.15, 0.2) is 6.10 Å². The van der Waals surface area contributed by atoms with Crippen LogP contribution in [0.5, 0.6) is 0 Å². The lowest BCUT2D eigenvalue weighted by molar-refractivity contribution is -0.195. The summed E-state index contributed by atoms with van der Waals surface area (Å²) in [5.74, 6) is -1.27. The number of aliphatic hydroxyl groups excluding tert-OH is 1. The number of thioether (sulfide) groups is 1. The first-order valence-electron chi connectivity index (χ1n) is 3.95. The van der Waals surface area contributed by atoms with E-state index < -0.39 is 30.0 Å². The van der Waals surface area contributed by atoms with Crippen LogP contribution < -0.4 is 5.73 Å². The van der Waals surface area contributed by atoms with E-state index in [2.05, 4.69) is 4.74 Å². The van der Waals surface area contributed by atoms with Gasteiger partial charge < -0.3 is 15.6 Å². The first-order chi connectivity index (χ1) is 6.79. The molecule has 15 heavy (non-hydrogen) atoms. The molecule has 0 amide bonds. The topological polar surface area (TPSA) is 72.5 Å². The lowest BCUT2D eigenvalue weighted by atomic mass is 10.4. The maximum Gasteiger partial charge on any atom is 0.415 e. The zero-order valence-electron chi connectivity index (χ0n) is 7.95. The van der Waals surface area contributed by atoms with Crippen LogP contribution in [0.25, 0.3) is 0 Å². The van der Waals surface area contributed by atoms with Gasteiger partial charge in [0.2, 0.25) is 0 Å². The van der Waals surface area contributed by atoms with E-state index in [1.807, 2.05) is 0 Å². The summed E-state index contributed by atoms with van der Waals surface area (Å²) in [5, 5.41) is 8.59. The fourth-order valence-corrected chi connectivity index (χ4v) is 1.56. The Kier molecular flexibility index (Phi) is 5.99. The van der Waals surface area contributed by atoms with Crippen LogP contribution in [-0.2, 0) is 9.53 Å². The number of esters is 1. The molecule has 0 aromatic rings. The summed E-state index contributed by atoms with van der Waals surface area (Å²) in [6, 6.07) is -0.972. The molecule has 0 aliphatic heterocycles. The summed E-state index contributed by atoms with van der Waals surface area (Å²) < 4.78 is 39.7. The number of carbonyl (C=O) groups is 1. The summed E-state index contributed by atoms with van der Waals surface area (Å²) in [5.41, 5.74) is 5.26. The number of ether oxygens (including phenoxy) is 1. The molecule has 0 rings (SSSR count). The van der Waals surface area contributed by atoms with E-state index in [0.717, 1.165) is 18.9 Å². The van der Waals surface area contributed by atoms with E-state index in [-0.39, 0.29) is 5.75 Å². The van der Waals surface area contributed by atoms with E-state index >= 15 is 0 Å². The summed E-state index contributed by atoms with van der Waals surface area (Å²) in [4.78, 5) is 10.7. The fourth-order valence-electron chi connectivity index (χ4n) is 0.621. The highest BCUT2D eigenvalue weighted by Crippen LogP contribution is 2.22. The van der Waals surface area contributed by atoms with Crippen molar-refractivity contribution in [1.82, 2.24) is 0 Å². The zero-order chi connectivity index (χ0) is 12.1. The number of hydrogen-bond donors (Lipinski definition) is 2. The summed E-state index contributed by atoms with van der Waals surface area (Å²) in [6.45, 7) is 0. The first kappa shape index (κ1) is 14.5. The molecule has 0 aliphatic rings. The molecule has 0 aliphatic carbocycles. The third-order valence-electron chi connectivity index (χ3n) is 1.45. The molecule has 0 radical (unpaired) electrons. The minimum absolute atomic E-state index is 0.0280. The van der Waals surface area contributed by atoms with Crippen LogP contribution in [0.4, 0.5) is 13.2 Å². The van der Waals surface area contributed by atoms with Gasteiger partial charge in [0.05, 0.1) is 7.11 Å². The number of carbonyl (C=O) groups excluding carboxylic acids is 1. The van der Waals surface area contributed by atoms with Gasteiger partial charge in [-0.3, -0.25) is 4.79 Å². The quantitative estimate of drug-likeness (QED) is 0.676. The van der Waals surface area contributed by atoms with Crippen molar-refractivity contribution in [2.75, 3.05) is 18.6 Å². The smallest absolute Gasteiger partial charge is 0.415 e. The molecule has 8 heteroatoms. The highest BCUT2D eigenvalue weighted by atomic mass is 32.2. The Morgan fingerprint density at radius 3 is 2.47 bits per heavy atom. The van der Waals surface area contributed by atoms with Crippen molar-refractivity contribution >= 4 is 17.7 Å². The predicted octanol–water partition coefficient (Wildman–Crippen LogP) is 0.143. The minimum atomic E-state index is -4.64. The fraction of sp³-hybridized carbons (Fsp3) is 0.857. The molecule has 0 bridgehead atoms. The molecule has 0 aromatic carbocycles. The Bertz CT molecular complexity index is 212. The molecule has 3 N–H and O–H groups in total. The van der Waals surface area contributed by atoms with Crippen molar-refractivity contribution < 1.29 is 27.8 Å². The van der Waals surface area contributed by atoms with E-state index in [1.165, 1.54) is 0 Å². The van der Waals surface area contributed by atoms with Gasteiger partial charge in [0.1, 0.15) is 6.04 Å². The van der Waals surface area contributed by atoms with E-state index in [4.69, 9.17) is 10.8 Å². The van der Waals surface area contributed by atoms with Crippen molar-refractivity contribution in [3.05, 3.63) is 0 Å². The Balaban J connectivity index is 3.76. The molecular weight excluding hydrogens is 235 g/mol. The van der Waals surface area contributed by atoms with Crippen molar-refractivity contribution in [1.29, 1.82) is 0 Å². The summed E-state index contributed by atoms with van der Waals surface area (Å²) >= 11 is 0.744. The Labute approximate surface area is 89.0 Å². The Hall–Kier alpha value is -0.470. The zero-order valence-corrected chi connectivity index (χ0v) is 8.77. The van der Waals surface area contributed by atoms with Gasteiger partial charge in [-0.25, -0.2) is 0 Å². The molecule has 0 saturated heterocycles. The van der Waals surface area contributed by atoms with Gasteiger partial charge >= 0.3 is 12.1 Å². The second-order valence-corrected chi connectivity index (χ2v) is 3.80. The molecule has 0 saturated carbocycles. The predicted molar refractivity (Wildman–Crippen MR) is 49.4 cm³/mol. The van der Waals surface area contributed by atoms with Crippen molar-refractivity contribution in [3.63, 3.8) is 0 Å². The second kappa shape index (κ2) is 6.19. The van der Waals surface area contributed by atoms with Crippen molar-refractivity contribution in [2.45, 2.75) is 18.3 Å². The van der Waals surface area contributed by atoms with Crippen molar-refractivity contribution in [2.24, 2.45) is 5.73 Å². The SMILES string of the molecule is COC(=O)C(N)CSCC(O)C(F)(F)F. The highest BCUT2D eigenvalue weighted by Gasteiger charge is 2.37. The number of rotatable bonds is 5. The van der Waals surface area contributed by atoms with Gasteiger partial charge in [-0.2, -0.15) is 24.9 Å². The van der Waals surface area contributed by atoms with E-state index in [9.17, 15) is 18.0 Å². The van der Waals surface area contributed by atoms with Gasteiger partial charge in [-0.1, -0.05) is 0 Å². The largest absolute Gasteiger partial charge is 0.468 e. The number of methoxy groups -OCH3 is 1. The average molecular weight is 247 g/mol. The molecule has 0 heterocycles. The molecular formula is C7H12F3NO3S. The standard InChI is InChI=1S/C7H12F3NO3S/c1-14-6(13)4(11)2-15-3-5(12)7(8,9)10/h4-5,12H,2-3,11H2,1H3. The molecule has 0 aromatic heterocycles. The maximum absolute atomic E-state index is 11.8. The summed E-state index contributed by atoms with van der Waals surface area (Å²) in [7, 11) is 1.14. The normalized spacial score (nSPS) is 15.9. The third-order valence-corrected chi connectivity index (χ3v) is 2.60. The third kappa shape index (κ3) is 5.85. The van der Waals surface area contributed by atoms with Gasteiger partial charge in [-0.15, -0.1) is 0 Å². The average Bonchev–Trinajstić information content (AvgIpc) is 2.14. The maximum atomic E-state index is 11.8. The minimum Gasteiger partial charge on any atom is -0.468 e. The van der Waals surface area contributed by atoms with E-state index in [1.54, 1.807) is 0 Å². The molecule has 4 nitrogen and oxygen atoms in total. The van der Waals surface area contributed by atoms with Gasteiger partial charge in [0.25, 0.3) is 0 Å². The molecule has 2 atom stereocenters. The van der Waals surface area contributed by atoms with E-state index in [0.29, 0.717) is 0 Å². The van der Waals surface area contributed by atoms with Crippen LogP contribution in [0.15, 0.2) is 0 Å². The highest BCUT2D eigenvalue weighted by molar-refractivity contribution is 7.99. The molecule has 90 valence electrons. The Morgan fingerprint density at radius 2 is 2.07 bits per heavy atom. The van der Waals surface area contributed by atoms with Gasteiger partial charge in [-0.05, 0) is 0 Å². The van der Waals surface area contributed by atoms with Crippen LogP contribution in [0.2, 0.25) is 0 Å². The second-order valence-electron chi connectivity index (χ2n) is 2.72. The van der Waals surface area contributed by atoms with Crippen molar-refractivity contribution in [3.8, 4) is 0 Å². The number of aliphatic hydroxyl groups is 1. The monoisotopic (exact) mass is 247 g/mol. The number of halogens is 3. The van der Waals surface area contributed by atoms with Crippen LogP contribution in [-0.4, -0.2) is 48.0 Å². The summed E-state index contributed by atoms with van der Waals surface area (Å²) in [6.07, 6.45) is -7.03. The lowest BCUT2D eigenvalue weighted by Gasteiger charge is -2.14. The number of alkyl halides is 3. The molecule has 0 fully saturated rings. The lowest BCUT2D eigenvalue weighted by Crippen LogP contribution is -2.35. The van der Waals surface area contributed by atoms with Crippen LogP contribution in [0.3, 0.4) is 0 Å². The number of hydrogen-bond acceptors (Lipinski definition) is 5. The number of nitrogens with two attached hydrogens (primary N) is 1. The molecule has 0 spiro atoms. The first-order valence-corrected chi connectivity index (χ1v) is 5.10. The van der Waals surface area contributed by atoms with Gasteiger partial charge in [0, 0.05) is 11.5 Å².